The summed E-state index contributed by atoms with van der Waals surface area (Å²) < 4.78 is 0. The van der Waals surface area contributed by atoms with Gasteiger partial charge < -0.3 is 5.73 Å². The molecule has 0 aliphatic carbocycles. The number of hydrogen-bond donors (Lipinski definition) is 3. The third kappa shape index (κ3) is 8.12. The summed E-state index contributed by atoms with van der Waals surface area (Å²) >= 11 is 0. The molecule has 0 aromatic heterocycles. The van der Waals surface area contributed by atoms with Crippen LogP contribution in [0.1, 0.15) is 72.9 Å². The van der Waals surface area contributed by atoms with Crippen molar-refractivity contribution >= 4 is 0 Å². The lowest BCUT2D eigenvalue weighted by molar-refractivity contribution is 0.0782. The lowest BCUT2D eigenvalue weighted by Crippen LogP contribution is -2.62. The highest BCUT2D eigenvalue weighted by molar-refractivity contribution is 5.51. The Labute approximate surface area is 311 Å². The number of benzene rings is 6. The van der Waals surface area contributed by atoms with Crippen LogP contribution in [0.5, 0.6) is 0 Å². The Balaban J connectivity index is 1.47. The standard InChI is InChI=1S/C48H54N4/c1-39(50-47(41-25-11-5-12-26-41,42-27-13-6-14-28-42)43-29-15-7-16-30-43)52(38-24-4-3-23-37-49)40(2)51-48(44-31-17-8-18-32-44,45-33-19-9-20-34-45)46-35-21-10-22-36-46/h5-22,25-36,39-40,50-51H,3-4,23-24,37-38,49H2,1-2H3. The molecular weight excluding hydrogens is 633 g/mol. The van der Waals surface area contributed by atoms with Crippen LogP contribution in [0.15, 0.2) is 182 Å². The van der Waals surface area contributed by atoms with Crippen LogP contribution in [0.3, 0.4) is 0 Å². The van der Waals surface area contributed by atoms with Crippen LogP contribution in [0, 0.1) is 0 Å². The summed E-state index contributed by atoms with van der Waals surface area (Å²) in [4.78, 5) is 2.62. The van der Waals surface area contributed by atoms with Gasteiger partial charge in [0, 0.05) is 6.54 Å². The van der Waals surface area contributed by atoms with Crippen molar-refractivity contribution in [2.75, 3.05) is 13.1 Å². The van der Waals surface area contributed by atoms with Crippen LogP contribution < -0.4 is 16.4 Å². The molecule has 6 aromatic rings. The van der Waals surface area contributed by atoms with Gasteiger partial charge in [-0.05, 0) is 66.6 Å². The SMILES string of the molecule is CC(NC(c1ccccc1)(c1ccccc1)c1ccccc1)N(CCCCCCN)C(C)NC(c1ccccc1)(c1ccccc1)c1ccccc1. The molecule has 52 heavy (non-hydrogen) atoms. The zero-order valence-electron chi connectivity index (χ0n) is 30.7. The number of nitrogens with zero attached hydrogens (tertiary/aromatic N) is 1. The maximum atomic E-state index is 5.91. The van der Waals surface area contributed by atoms with E-state index < -0.39 is 11.1 Å². The van der Waals surface area contributed by atoms with Crippen molar-refractivity contribution in [3.05, 3.63) is 215 Å². The van der Waals surface area contributed by atoms with Crippen LogP contribution in [-0.2, 0) is 11.1 Å². The van der Waals surface area contributed by atoms with Gasteiger partial charge in [-0.3, -0.25) is 15.5 Å². The monoisotopic (exact) mass is 686 g/mol. The van der Waals surface area contributed by atoms with E-state index in [4.69, 9.17) is 5.73 Å². The van der Waals surface area contributed by atoms with Crippen LogP contribution in [0.4, 0.5) is 0 Å². The summed E-state index contributed by atoms with van der Waals surface area (Å²) in [6.07, 6.45) is 4.31. The molecule has 0 radical (unpaired) electrons. The molecule has 6 rings (SSSR count). The number of unbranched alkanes of at least 4 members (excludes halogenated alkanes) is 3. The minimum atomic E-state index is -0.601. The number of nitrogens with two attached hydrogens (primary N) is 1. The van der Waals surface area contributed by atoms with Crippen molar-refractivity contribution in [3.8, 4) is 0 Å². The van der Waals surface area contributed by atoms with Gasteiger partial charge in [0.2, 0.25) is 0 Å². The fraction of sp³-hybridized carbons (Fsp3) is 0.250. The minimum Gasteiger partial charge on any atom is -0.330 e. The van der Waals surface area contributed by atoms with Crippen molar-refractivity contribution in [1.29, 1.82) is 0 Å². The lowest BCUT2D eigenvalue weighted by atomic mass is 9.76. The second kappa shape index (κ2) is 18.1. The van der Waals surface area contributed by atoms with Gasteiger partial charge in [0.15, 0.2) is 0 Å². The van der Waals surface area contributed by atoms with Crippen LogP contribution in [-0.4, -0.2) is 30.3 Å². The van der Waals surface area contributed by atoms with Crippen molar-refractivity contribution in [2.45, 2.75) is 62.9 Å². The van der Waals surface area contributed by atoms with Crippen molar-refractivity contribution in [3.63, 3.8) is 0 Å². The van der Waals surface area contributed by atoms with Gasteiger partial charge in [0.1, 0.15) is 0 Å². The van der Waals surface area contributed by atoms with Gasteiger partial charge in [-0.1, -0.05) is 195 Å². The highest BCUT2D eigenvalue weighted by atomic mass is 15.4. The first-order valence-corrected chi connectivity index (χ1v) is 18.9. The van der Waals surface area contributed by atoms with Crippen LogP contribution in [0.25, 0.3) is 0 Å². The molecule has 0 aliphatic rings. The highest BCUT2D eigenvalue weighted by Crippen LogP contribution is 2.40. The van der Waals surface area contributed by atoms with Gasteiger partial charge in [0.25, 0.3) is 0 Å². The third-order valence-electron chi connectivity index (χ3n) is 10.5. The second-order valence-electron chi connectivity index (χ2n) is 13.8. The average molecular weight is 687 g/mol. The highest BCUT2D eigenvalue weighted by Gasteiger charge is 2.42. The molecule has 4 N–H and O–H groups in total. The first kappa shape index (κ1) is 36.9. The predicted octanol–water partition coefficient (Wildman–Crippen LogP) is 9.66. The van der Waals surface area contributed by atoms with E-state index >= 15 is 0 Å². The summed E-state index contributed by atoms with van der Waals surface area (Å²) in [7, 11) is 0. The molecule has 4 heteroatoms. The van der Waals surface area contributed by atoms with Gasteiger partial charge in [-0.15, -0.1) is 0 Å². The number of hydrogen-bond acceptors (Lipinski definition) is 4. The maximum Gasteiger partial charge on any atom is 0.0959 e. The Morgan fingerprint density at radius 2 is 0.654 bits per heavy atom. The summed E-state index contributed by atoms with van der Waals surface area (Å²) in [5, 5.41) is 8.57. The van der Waals surface area contributed by atoms with Crippen molar-refractivity contribution < 1.29 is 0 Å². The predicted molar refractivity (Wildman–Crippen MR) is 218 cm³/mol. The Morgan fingerprint density at radius 3 is 0.904 bits per heavy atom. The molecular formula is C48H54N4. The summed E-state index contributed by atoms with van der Waals surface area (Å²) in [6, 6.07) is 65.4. The van der Waals surface area contributed by atoms with Gasteiger partial charge >= 0.3 is 0 Å². The quantitative estimate of drug-likeness (QED) is 0.0479. The molecule has 0 heterocycles. The summed E-state index contributed by atoms with van der Waals surface area (Å²) in [5.74, 6) is 0. The normalized spacial score (nSPS) is 13.2. The number of rotatable bonds is 18. The number of nitrogens with one attached hydrogen (secondary N) is 2. The van der Waals surface area contributed by atoms with Crippen LogP contribution in [0.2, 0.25) is 0 Å². The Bertz CT molecular complexity index is 1540. The summed E-state index contributed by atoms with van der Waals surface area (Å²) in [6.45, 7) is 6.31. The van der Waals surface area contributed by atoms with Crippen molar-refractivity contribution in [2.24, 2.45) is 5.73 Å². The molecule has 2 unspecified atom stereocenters. The van der Waals surface area contributed by atoms with Gasteiger partial charge in [-0.2, -0.15) is 0 Å². The molecule has 4 nitrogen and oxygen atoms in total. The first-order chi connectivity index (χ1) is 25.6. The molecule has 0 saturated heterocycles. The van der Waals surface area contributed by atoms with Gasteiger partial charge in [0.05, 0.1) is 23.4 Å². The fourth-order valence-corrected chi connectivity index (χ4v) is 7.94. The fourth-order valence-electron chi connectivity index (χ4n) is 7.94. The molecule has 0 fully saturated rings. The largest absolute Gasteiger partial charge is 0.330 e. The Kier molecular flexibility index (Phi) is 12.8. The summed E-state index contributed by atoms with van der Waals surface area (Å²) in [5.41, 5.74) is 11.9. The minimum absolute atomic E-state index is 0.0438. The topological polar surface area (TPSA) is 53.3 Å². The molecule has 0 spiro atoms. The average Bonchev–Trinajstić information content (AvgIpc) is 3.22. The third-order valence-corrected chi connectivity index (χ3v) is 10.5. The van der Waals surface area contributed by atoms with Crippen LogP contribution >= 0.6 is 0 Å². The molecule has 0 amide bonds. The smallest absolute Gasteiger partial charge is 0.0959 e. The van der Waals surface area contributed by atoms with Gasteiger partial charge in [-0.25, -0.2) is 0 Å². The van der Waals surface area contributed by atoms with Crippen molar-refractivity contribution in [1.82, 2.24) is 15.5 Å². The van der Waals surface area contributed by atoms with E-state index in [0.29, 0.717) is 0 Å². The first-order valence-electron chi connectivity index (χ1n) is 18.9. The van der Waals surface area contributed by atoms with E-state index in [1.165, 1.54) is 33.4 Å². The zero-order chi connectivity index (χ0) is 36.1. The van der Waals surface area contributed by atoms with E-state index in [1.807, 2.05) is 0 Å². The molecule has 0 saturated carbocycles. The van der Waals surface area contributed by atoms with E-state index in [2.05, 4.69) is 211 Å². The van der Waals surface area contributed by atoms with E-state index in [0.717, 1.165) is 38.8 Å². The Morgan fingerprint density at radius 1 is 0.404 bits per heavy atom. The molecule has 266 valence electrons. The molecule has 6 aromatic carbocycles. The molecule has 2 atom stereocenters. The second-order valence-corrected chi connectivity index (χ2v) is 13.8. The molecule has 0 aliphatic heterocycles. The van der Waals surface area contributed by atoms with E-state index in [1.54, 1.807) is 0 Å². The Hall–Kier alpha value is -4.84. The lowest BCUT2D eigenvalue weighted by Gasteiger charge is -2.47. The van der Waals surface area contributed by atoms with E-state index in [9.17, 15) is 0 Å². The maximum absolute atomic E-state index is 5.91. The molecule has 0 bridgehead atoms. The zero-order valence-corrected chi connectivity index (χ0v) is 30.7. The van der Waals surface area contributed by atoms with E-state index in [-0.39, 0.29) is 12.3 Å².